The van der Waals surface area contributed by atoms with Crippen LogP contribution < -0.4 is 15.0 Å². The molecular formula is C15H24N2O2. The van der Waals surface area contributed by atoms with Gasteiger partial charge in [-0.1, -0.05) is 0 Å². The molecule has 0 aliphatic carbocycles. The van der Waals surface area contributed by atoms with Gasteiger partial charge in [0.25, 0.3) is 0 Å². The Morgan fingerprint density at radius 2 is 2.11 bits per heavy atom. The van der Waals surface area contributed by atoms with Crippen LogP contribution in [0.15, 0.2) is 18.2 Å². The molecule has 0 fully saturated rings. The Labute approximate surface area is 115 Å². The first-order valence-corrected chi connectivity index (χ1v) is 6.64. The number of rotatable bonds is 6. The fourth-order valence-electron chi connectivity index (χ4n) is 1.77. The summed E-state index contributed by atoms with van der Waals surface area (Å²) in [6.45, 7) is 6.69. The summed E-state index contributed by atoms with van der Waals surface area (Å²) >= 11 is 0. The zero-order chi connectivity index (χ0) is 14.4. The van der Waals surface area contributed by atoms with E-state index in [2.05, 4.69) is 5.32 Å². The Balaban J connectivity index is 2.79. The number of hydrogen-bond acceptors (Lipinski definition) is 3. The third kappa shape index (κ3) is 4.56. The maximum atomic E-state index is 11.9. The summed E-state index contributed by atoms with van der Waals surface area (Å²) in [6, 6.07) is 5.82. The molecule has 0 atom stereocenters. The SMILES string of the molecule is CNCCC(=O)N(C)c1ccc(OC(C)C)c(C)c1. The van der Waals surface area contributed by atoms with Crippen LogP contribution in [0.25, 0.3) is 0 Å². The van der Waals surface area contributed by atoms with Crippen LogP contribution in [0.4, 0.5) is 5.69 Å². The molecule has 4 nitrogen and oxygen atoms in total. The lowest BCUT2D eigenvalue weighted by atomic mass is 10.2. The molecule has 1 N–H and O–H groups in total. The van der Waals surface area contributed by atoms with Crippen LogP contribution in [0.2, 0.25) is 0 Å². The lowest BCUT2D eigenvalue weighted by Gasteiger charge is -2.19. The summed E-state index contributed by atoms with van der Waals surface area (Å²) < 4.78 is 5.69. The minimum atomic E-state index is 0.103. The van der Waals surface area contributed by atoms with Crippen molar-refractivity contribution >= 4 is 11.6 Å². The van der Waals surface area contributed by atoms with Crippen molar-refractivity contribution in [3.8, 4) is 5.75 Å². The maximum Gasteiger partial charge on any atom is 0.227 e. The average Bonchev–Trinajstić information content (AvgIpc) is 2.37. The summed E-state index contributed by atoms with van der Waals surface area (Å²) in [5, 5.41) is 2.98. The van der Waals surface area contributed by atoms with E-state index in [1.54, 1.807) is 11.9 Å². The molecule has 0 unspecified atom stereocenters. The predicted molar refractivity (Wildman–Crippen MR) is 78.9 cm³/mol. The van der Waals surface area contributed by atoms with Crippen molar-refractivity contribution in [2.24, 2.45) is 0 Å². The molecule has 0 saturated heterocycles. The second-order valence-electron chi connectivity index (χ2n) is 4.92. The third-order valence-electron chi connectivity index (χ3n) is 2.87. The van der Waals surface area contributed by atoms with Gasteiger partial charge in [-0.2, -0.15) is 0 Å². The fraction of sp³-hybridized carbons (Fsp3) is 0.533. The average molecular weight is 264 g/mol. The molecule has 4 heteroatoms. The topological polar surface area (TPSA) is 41.6 Å². The van der Waals surface area contributed by atoms with Gasteiger partial charge in [-0.3, -0.25) is 4.79 Å². The Morgan fingerprint density at radius 1 is 1.42 bits per heavy atom. The monoisotopic (exact) mass is 264 g/mol. The first-order chi connectivity index (χ1) is 8.95. The highest BCUT2D eigenvalue weighted by atomic mass is 16.5. The van der Waals surface area contributed by atoms with Gasteiger partial charge in [-0.05, 0) is 51.6 Å². The molecule has 106 valence electrons. The molecular weight excluding hydrogens is 240 g/mol. The molecule has 1 rings (SSSR count). The molecule has 0 spiro atoms. The molecule has 19 heavy (non-hydrogen) atoms. The predicted octanol–water partition coefficient (Wildman–Crippen LogP) is 2.35. The van der Waals surface area contributed by atoms with E-state index in [0.29, 0.717) is 13.0 Å². The van der Waals surface area contributed by atoms with Crippen molar-refractivity contribution < 1.29 is 9.53 Å². The van der Waals surface area contributed by atoms with Crippen LogP contribution >= 0.6 is 0 Å². The number of ether oxygens (including phenoxy) is 1. The Bertz CT molecular complexity index is 430. The number of nitrogens with one attached hydrogen (secondary N) is 1. The highest BCUT2D eigenvalue weighted by Crippen LogP contribution is 2.25. The van der Waals surface area contributed by atoms with Crippen LogP contribution in [0.3, 0.4) is 0 Å². The quantitative estimate of drug-likeness (QED) is 0.857. The number of benzene rings is 1. The van der Waals surface area contributed by atoms with Crippen LogP contribution in [0.1, 0.15) is 25.8 Å². The molecule has 0 radical (unpaired) electrons. The van der Waals surface area contributed by atoms with E-state index in [-0.39, 0.29) is 12.0 Å². The van der Waals surface area contributed by atoms with Crippen LogP contribution in [-0.2, 0) is 4.79 Å². The second-order valence-corrected chi connectivity index (χ2v) is 4.92. The number of anilines is 1. The Hall–Kier alpha value is -1.55. The van der Waals surface area contributed by atoms with Crippen LogP contribution in [0, 0.1) is 6.92 Å². The highest BCUT2D eigenvalue weighted by Gasteiger charge is 2.12. The van der Waals surface area contributed by atoms with Crippen LogP contribution in [-0.4, -0.2) is 32.7 Å². The van der Waals surface area contributed by atoms with E-state index in [4.69, 9.17) is 4.74 Å². The Kier molecular flexibility index (Phi) is 5.83. The largest absolute Gasteiger partial charge is 0.491 e. The van der Waals surface area contributed by atoms with Gasteiger partial charge < -0.3 is 15.0 Å². The number of amides is 1. The van der Waals surface area contributed by atoms with E-state index < -0.39 is 0 Å². The molecule has 0 heterocycles. The standard InChI is InChI=1S/C15H24N2O2/c1-11(2)19-14-7-6-13(10-12(14)3)17(5)15(18)8-9-16-4/h6-7,10-11,16H,8-9H2,1-5H3. The molecule has 0 bridgehead atoms. The lowest BCUT2D eigenvalue weighted by molar-refractivity contribution is -0.118. The number of hydrogen-bond donors (Lipinski definition) is 1. The van der Waals surface area contributed by atoms with Gasteiger partial charge in [0.05, 0.1) is 6.10 Å². The van der Waals surface area contributed by atoms with E-state index in [9.17, 15) is 4.79 Å². The zero-order valence-corrected chi connectivity index (χ0v) is 12.5. The van der Waals surface area contributed by atoms with E-state index in [1.165, 1.54) is 0 Å². The van der Waals surface area contributed by atoms with Gasteiger partial charge in [0.2, 0.25) is 5.91 Å². The van der Waals surface area contributed by atoms with Crippen molar-refractivity contribution in [1.29, 1.82) is 0 Å². The van der Waals surface area contributed by atoms with E-state index in [1.807, 2.05) is 46.0 Å². The third-order valence-corrected chi connectivity index (χ3v) is 2.87. The highest BCUT2D eigenvalue weighted by molar-refractivity contribution is 5.93. The second kappa shape index (κ2) is 7.14. The van der Waals surface area contributed by atoms with Gasteiger partial charge in [0.1, 0.15) is 5.75 Å². The maximum absolute atomic E-state index is 11.9. The summed E-state index contributed by atoms with van der Waals surface area (Å²) in [6.07, 6.45) is 0.649. The molecule has 0 aliphatic heterocycles. The van der Waals surface area contributed by atoms with Crippen LogP contribution in [0.5, 0.6) is 5.75 Å². The number of carbonyl (C=O) groups excluding carboxylic acids is 1. The molecule has 0 aromatic heterocycles. The van der Waals surface area contributed by atoms with Gasteiger partial charge >= 0.3 is 0 Å². The number of carbonyl (C=O) groups is 1. The minimum absolute atomic E-state index is 0.103. The van der Waals surface area contributed by atoms with Gasteiger partial charge in [-0.15, -0.1) is 0 Å². The summed E-state index contributed by atoms with van der Waals surface area (Å²) in [5.41, 5.74) is 1.94. The number of aryl methyl sites for hydroxylation is 1. The lowest BCUT2D eigenvalue weighted by Crippen LogP contribution is -2.28. The van der Waals surface area contributed by atoms with Crippen molar-refractivity contribution in [3.63, 3.8) is 0 Å². The van der Waals surface area contributed by atoms with E-state index in [0.717, 1.165) is 17.0 Å². The van der Waals surface area contributed by atoms with Gasteiger partial charge in [-0.25, -0.2) is 0 Å². The van der Waals surface area contributed by atoms with Crippen molar-refractivity contribution in [1.82, 2.24) is 5.32 Å². The first-order valence-electron chi connectivity index (χ1n) is 6.64. The molecule has 1 aromatic carbocycles. The zero-order valence-electron chi connectivity index (χ0n) is 12.5. The van der Waals surface area contributed by atoms with Crippen molar-refractivity contribution in [3.05, 3.63) is 23.8 Å². The summed E-state index contributed by atoms with van der Waals surface area (Å²) in [4.78, 5) is 13.6. The Morgan fingerprint density at radius 3 is 2.63 bits per heavy atom. The van der Waals surface area contributed by atoms with Crippen molar-refractivity contribution in [2.45, 2.75) is 33.3 Å². The number of nitrogens with zero attached hydrogens (tertiary/aromatic N) is 1. The first kappa shape index (κ1) is 15.5. The molecule has 1 aromatic rings. The summed E-state index contributed by atoms with van der Waals surface area (Å²) in [5.74, 6) is 0.973. The minimum Gasteiger partial charge on any atom is -0.491 e. The molecule has 0 aliphatic rings. The van der Waals surface area contributed by atoms with Gasteiger partial charge in [0.15, 0.2) is 0 Å². The molecule has 1 amide bonds. The summed E-state index contributed by atoms with van der Waals surface area (Å²) in [7, 11) is 3.64. The van der Waals surface area contributed by atoms with Crippen molar-refractivity contribution in [2.75, 3.05) is 25.5 Å². The smallest absolute Gasteiger partial charge is 0.227 e. The van der Waals surface area contributed by atoms with Gasteiger partial charge in [0, 0.05) is 25.7 Å². The normalized spacial score (nSPS) is 10.6. The molecule has 0 saturated carbocycles. The van der Waals surface area contributed by atoms with E-state index >= 15 is 0 Å². The fourth-order valence-corrected chi connectivity index (χ4v) is 1.77.